The van der Waals surface area contributed by atoms with Gasteiger partial charge in [0.15, 0.2) is 0 Å². The summed E-state index contributed by atoms with van der Waals surface area (Å²) in [6.07, 6.45) is 5.77. The van der Waals surface area contributed by atoms with Gasteiger partial charge in [-0.2, -0.15) is 0 Å². The van der Waals surface area contributed by atoms with Crippen molar-refractivity contribution in [3.05, 3.63) is 35.1 Å². The molecule has 1 aliphatic rings. The van der Waals surface area contributed by atoms with Crippen molar-refractivity contribution in [2.75, 3.05) is 6.54 Å². The number of carboxylic acids is 1. The SMILES string of the molecule is C/C=C1/C=C(CCC(=O)O)CN(S(=O)[O-])/C1=C/C. The van der Waals surface area contributed by atoms with Crippen molar-refractivity contribution >= 4 is 17.2 Å². The predicted octanol–water partition coefficient (Wildman–Crippen LogP) is 1.74. The minimum atomic E-state index is -2.35. The molecule has 6 heteroatoms. The fourth-order valence-electron chi connectivity index (χ4n) is 1.85. The van der Waals surface area contributed by atoms with E-state index in [2.05, 4.69) is 0 Å². The Labute approximate surface area is 109 Å². The number of carboxylic acid groups (broad SMARTS) is 1. The average Bonchev–Trinajstić information content (AvgIpc) is 2.34. The summed E-state index contributed by atoms with van der Waals surface area (Å²) in [6, 6.07) is 0. The van der Waals surface area contributed by atoms with Crippen molar-refractivity contribution in [2.45, 2.75) is 26.7 Å². The van der Waals surface area contributed by atoms with Gasteiger partial charge in [0.1, 0.15) is 0 Å². The van der Waals surface area contributed by atoms with Gasteiger partial charge in [0.2, 0.25) is 0 Å². The molecule has 0 saturated heterocycles. The van der Waals surface area contributed by atoms with Crippen molar-refractivity contribution in [3.8, 4) is 0 Å². The monoisotopic (exact) mass is 270 g/mol. The van der Waals surface area contributed by atoms with Crippen LogP contribution in [0.15, 0.2) is 35.1 Å². The highest BCUT2D eigenvalue weighted by Gasteiger charge is 2.20. The maximum Gasteiger partial charge on any atom is 0.303 e. The summed E-state index contributed by atoms with van der Waals surface area (Å²) in [5.74, 6) is -0.885. The van der Waals surface area contributed by atoms with Crippen LogP contribution in [-0.2, 0) is 16.1 Å². The number of hydrogen-bond acceptors (Lipinski definition) is 3. The van der Waals surface area contributed by atoms with E-state index in [1.54, 1.807) is 13.0 Å². The fourth-order valence-corrected chi connectivity index (χ4v) is 2.49. The van der Waals surface area contributed by atoms with Crippen molar-refractivity contribution in [2.24, 2.45) is 0 Å². The Morgan fingerprint density at radius 2 is 2.22 bits per heavy atom. The van der Waals surface area contributed by atoms with Crippen LogP contribution in [0.4, 0.5) is 0 Å². The molecule has 0 fully saturated rings. The van der Waals surface area contributed by atoms with E-state index < -0.39 is 17.2 Å². The Hall–Kier alpha value is -1.40. The first kappa shape index (κ1) is 14.7. The van der Waals surface area contributed by atoms with Crippen molar-refractivity contribution in [1.29, 1.82) is 0 Å². The van der Waals surface area contributed by atoms with Gasteiger partial charge in [-0.05, 0) is 31.4 Å². The highest BCUT2D eigenvalue weighted by molar-refractivity contribution is 7.76. The quantitative estimate of drug-likeness (QED) is 0.789. The summed E-state index contributed by atoms with van der Waals surface area (Å²) in [4.78, 5) is 10.5. The minimum absolute atomic E-state index is 0.00727. The smallest absolute Gasteiger partial charge is 0.303 e. The fraction of sp³-hybridized carbons (Fsp3) is 0.417. The van der Waals surface area contributed by atoms with Crippen molar-refractivity contribution in [1.82, 2.24) is 4.31 Å². The largest absolute Gasteiger partial charge is 0.755 e. The first-order valence-electron chi connectivity index (χ1n) is 5.60. The molecule has 1 atom stereocenters. The van der Waals surface area contributed by atoms with E-state index in [0.717, 1.165) is 11.1 Å². The lowest BCUT2D eigenvalue weighted by atomic mass is 10.00. The van der Waals surface area contributed by atoms with Gasteiger partial charge < -0.3 is 9.66 Å². The zero-order chi connectivity index (χ0) is 13.7. The van der Waals surface area contributed by atoms with Gasteiger partial charge in [-0.25, -0.2) is 0 Å². The molecule has 0 aromatic heterocycles. The molecule has 1 N–H and O–H groups in total. The van der Waals surface area contributed by atoms with Crippen LogP contribution in [0.25, 0.3) is 0 Å². The molecule has 0 bridgehead atoms. The van der Waals surface area contributed by atoms with Crippen LogP contribution in [0.3, 0.4) is 0 Å². The minimum Gasteiger partial charge on any atom is -0.755 e. The molecule has 0 radical (unpaired) electrons. The standard InChI is InChI=1S/C12H17NO4S/c1-3-10-7-9(5-6-12(14)15)8-13(18(16)17)11(10)4-2/h3-4,7H,5-6,8H2,1-2H3,(H,14,15)(H,16,17)/p-1/b10-3-,11-4+. The molecule has 0 aromatic carbocycles. The Bertz CT molecular complexity index is 451. The van der Waals surface area contributed by atoms with Crippen LogP contribution >= 0.6 is 0 Å². The number of carbonyl (C=O) groups is 1. The van der Waals surface area contributed by atoms with Gasteiger partial charge in [0.25, 0.3) is 0 Å². The first-order valence-corrected chi connectivity index (χ1v) is 6.64. The summed E-state index contributed by atoms with van der Waals surface area (Å²) in [6.45, 7) is 3.82. The van der Waals surface area contributed by atoms with Gasteiger partial charge >= 0.3 is 5.97 Å². The normalized spacial score (nSPS) is 22.2. The van der Waals surface area contributed by atoms with Gasteiger partial charge in [0, 0.05) is 17.7 Å². The third-order valence-electron chi connectivity index (χ3n) is 2.70. The summed E-state index contributed by atoms with van der Waals surface area (Å²) >= 11 is -2.35. The van der Waals surface area contributed by atoms with Gasteiger partial charge in [-0.1, -0.05) is 18.2 Å². The molecule has 1 unspecified atom stereocenters. The lowest BCUT2D eigenvalue weighted by molar-refractivity contribution is -0.136. The summed E-state index contributed by atoms with van der Waals surface area (Å²) in [5, 5.41) is 8.65. The van der Waals surface area contributed by atoms with Gasteiger partial charge in [0.05, 0.1) is 12.2 Å². The average molecular weight is 270 g/mol. The molecule has 0 spiro atoms. The van der Waals surface area contributed by atoms with Crippen LogP contribution in [0.2, 0.25) is 0 Å². The zero-order valence-corrected chi connectivity index (χ0v) is 11.2. The molecular weight excluding hydrogens is 254 g/mol. The number of allylic oxidation sites excluding steroid dienone is 3. The van der Waals surface area contributed by atoms with E-state index in [9.17, 15) is 13.6 Å². The second-order valence-electron chi connectivity index (χ2n) is 3.87. The summed E-state index contributed by atoms with van der Waals surface area (Å²) < 4.78 is 23.6. The van der Waals surface area contributed by atoms with Crippen LogP contribution in [0.5, 0.6) is 0 Å². The van der Waals surface area contributed by atoms with E-state index in [1.807, 2.05) is 19.1 Å². The van der Waals surface area contributed by atoms with E-state index in [1.165, 1.54) is 4.31 Å². The maximum atomic E-state index is 11.2. The third-order valence-corrected chi connectivity index (χ3v) is 3.38. The number of hydrogen-bond donors (Lipinski definition) is 1. The van der Waals surface area contributed by atoms with E-state index in [-0.39, 0.29) is 13.0 Å². The Balaban J connectivity index is 2.99. The Morgan fingerprint density at radius 3 is 2.67 bits per heavy atom. The number of rotatable bonds is 4. The van der Waals surface area contributed by atoms with Crippen molar-refractivity contribution in [3.63, 3.8) is 0 Å². The van der Waals surface area contributed by atoms with Crippen LogP contribution in [-0.4, -0.2) is 30.7 Å². The van der Waals surface area contributed by atoms with E-state index >= 15 is 0 Å². The predicted molar refractivity (Wildman–Crippen MR) is 68.1 cm³/mol. The molecule has 0 amide bonds. The Morgan fingerprint density at radius 1 is 1.56 bits per heavy atom. The van der Waals surface area contributed by atoms with Gasteiger partial charge in [-0.15, -0.1) is 0 Å². The maximum absolute atomic E-state index is 11.2. The summed E-state index contributed by atoms with van der Waals surface area (Å²) in [7, 11) is 0. The van der Waals surface area contributed by atoms with E-state index in [0.29, 0.717) is 12.1 Å². The second-order valence-corrected chi connectivity index (χ2v) is 4.74. The lowest BCUT2D eigenvalue weighted by Crippen LogP contribution is -2.31. The molecule has 0 saturated carbocycles. The highest BCUT2D eigenvalue weighted by atomic mass is 32.2. The molecule has 18 heavy (non-hydrogen) atoms. The zero-order valence-electron chi connectivity index (χ0n) is 10.4. The van der Waals surface area contributed by atoms with Gasteiger partial charge in [-0.3, -0.25) is 13.3 Å². The number of nitrogens with zero attached hydrogens (tertiary/aromatic N) is 1. The summed E-state index contributed by atoms with van der Waals surface area (Å²) in [5.41, 5.74) is 2.23. The molecule has 100 valence electrons. The van der Waals surface area contributed by atoms with Crippen LogP contribution in [0, 0.1) is 0 Å². The second kappa shape index (κ2) is 6.51. The molecule has 1 rings (SSSR count). The molecule has 5 nitrogen and oxygen atoms in total. The third kappa shape index (κ3) is 3.54. The topological polar surface area (TPSA) is 80.7 Å². The molecule has 1 aliphatic heterocycles. The molecule has 0 aromatic rings. The molecule has 1 heterocycles. The van der Waals surface area contributed by atoms with Crippen LogP contribution < -0.4 is 0 Å². The Kier molecular flexibility index (Phi) is 5.30. The van der Waals surface area contributed by atoms with Crippen molar-refractivity contribution < 1.29 is 18.7 Å². The first-order chi connectivity index (χ1) is 8.49. The highest BCUT2D eigenvalue weighted by Crippen LogP contribution is 2.27. The van der Waals surface area contributed by atoms with Crippen LogP contribution in [0.1, 0.15) is 26.7 Å². The molecule has 0 aliphatic carbocycles. The lowest BCUT2D eigenvalue weighted by Gasteiger charge is -2.34. The number of aliphatic carboxylic acids is 1. The van der Waals surface area contributed by atoms with E-state index in [4.69, 9.17) is 5.11 Å². The molecular formula is C12H16NO4S-.